The van der Waals surface area contributed by atoms with Crippen molar-refractivity contribution in [3.05, 3.63) is 41.7 Å². The number of rotatable bonds is 3. The summed E-state index contributed by atoms with van der Waals surface area (Å²) in [5.74, 6) is -0.130. The van der Waals surface area contributed by atoms with Gasteiger partial charge in [0.25, 0.3) is 0 Å². The van der Waals surface area contributed by atoms with Crippen LogP contribution in [-0.2, 0) is 9.53 Å². The number of hydrogen-bond acceptors (Lipinski definition) is 3. The molecule has 1 aromatic carbocycles. The van der Waals surface area contributed by atoms with Crippen LogP contribution in [0.1, 0.15) is 18.4 Å². The van der Waals surface area contributed by atoms with E-state index in [1.165, 1.54) is 18.2 Å². The number of halogens is 1. The van der Waals surface area contributed by atoms with Crippen molar-refractivity contribution in [2.24, 2.45) is 11.7 Å². The number of nitrogens with one attached hydrogen (secondary N) is 1. The van der Waals surface area contributed by atoms with Crippen LogP contribution >= 0.6 is 0 Å². The first-order valence-electron chi connectivity index (χ1n) is 7.26. The predicted molar refractivity (Wildman–Crippen MR) is 77.8 cm³/mol. The highest BCUT2D eigenvalue weighted by Crippen LogP contribution is 2.36. The van der Waals surface area contributed by atoms with Crippen molar-refractivity contribution >= 4 is 12.0 Å². The van der Waals surface area contributed by atoms with E-state index < -0.39 is 0 Å². The highest BCUT2D eigenvalue weighted by atomic mass is 19.1. The largest absolute Gasteiger partial charge is 0.376 e. The molecule has 1 amide bonds. The molecule has 1 saturated heterocycles. The Bertz CT molecular complexity index is 544. The van der Waals surface area contributed by atoms with Crippen molar-refractivity contribution in [3.8, 4) is 0 Å². The van der Waals surface area contributed by atoms with Crippen molar-refractivity contribution < 1.29 is 13.9 Å². The molecule has 1 aromatic rings. The van der Waals surface area contributed by atoms with Gasteiger partial charge in [0.05, 0.1) is 12.1 Å². The van der Waals surface area contributed by atoms with E-state index in [-0.39, 0.29) is 29.9 Å². The molecule has 3 rings (SSSR count). The zero-order valence-electron chi connectivity index (χ0n) is 11.7. The lowest BCUT2D eigenvalue weighted by atomic mass is 9.68. The number of benzene rings is 1. The minimum absolute atomic E-state index is 0.0292. The molecule has 1 aliphatic heterocycles. The molecule has 0 aromatic heterocycles. The van der Waals surface area contributed by atoms with Crippen molar-refractivity contribution in [3.63, 3.8) is 0 Å². The average molecular weight is 290 g/mol. The Labute approximate surface area is 123 Å². The fourth-order valence-corrected chi connectivity index (χ4v) is 3.08. The molecule has 4 nitrogen and oxygen atoms in total. The second-order valence-corrected chi connectivity index (χ2v) is 5.64. The van der Waals surface area contributed by atoms with Crippen LogP contribution in [0.15, 0.2) is 30.3 Å². The van der Waals surface area contributed by atoms with Crippen LogP contribution in [0.25, 0.3) is 6.08 Å². The molecule has 3 N–H and O–H groups in total. The van der Waals surface area contributed by atoms with Gasteiger partial charge in [-0.1, -0.05) is 12.1 Å². The van der Waals surface area contributed by atoms with Crippen molar-refractivity contribution in [2.45, 2.75) is 31.0 Å². The van der Waals surface area contributed by atoms with Gasteiger partial charge in [0.15, 0.2) is 0 Å². The van der Waals surface area contributed by atoms with Gasteiger partial charge in [0.1, 0.15) is 5.82 Å². The molecule has 0 radical (unpaired) electrons. The Morgan fingerprint density at radius 2 is 2.14 bits per heavy atom. The third-order valence-electron chi connectivity index (χ3n) is 4.28. The maximum atomic E-state index is 12.8. The number of nitrogens with two attached hydrogens (primary N) is 1. The van der Waals surface area contributed by atoms with Crippen molar-refractivity contribution in [1.82, 2.24) is 5.32 Å². The Morgan fingerprint density at radius 3 is 2.90 bits per heavy atom. The summed E-state index contributed by atoms with van der Waals surface area (Å²) in [4.78, 5) is 11.9. The Kier molecular flexibility index (Phi) is 4.03. The molecular weight excluding hydrogens is 271 g/mol. The van der Waals surface area contributed by atoms with E-state index >= 15 is 0 Å². The van der Waals surface area contributed by atoms with E-state index in [1.54, 1.807) is 18.2 Å². The molecule has 112 valence electrons. The summed E-state index contributed by atoms with van der Waals surface area (Å²) < 4.78 is 18.5. The van der Waals surface area contributed by atoms with Gasteiger partial charge in [0.2, 0.25) is 5.91 Å². The van der Waals surface area contributed by atoms with Crippen molar-refractivity contribution in [1.29, 1.82) is 0 Å². The van der Waals surface area contributed by atoms with Crippen LogP contribution in [0.2, 0.25) is 0 Å². The number of amides is 1. The minimum atomic E-state index is -0.294. The minimum Gasteiger partial charge on any atom is -0.376 e. The lowest BCUT2D eigenvalue weighted by molar-refractivity contribution is -0.136. The molecular formula is C16H19FN2O2. The van der Waals surface area contributed by atoms with Gasteiger partial charge >= 0.3 is 0 Å². The zero-order valence-corrected chi connectivity index (χ0v) is 11.7. The van der Waals surface area contributed by atoms with Crippen LogP contribution in [-0.4, -0.2) is 30.7 Å². The maximum Gasteiger partial charge on any atom is 0.244 e. The highest BCUT2D eigenvalue weighted by molar-refractivity contribution is 5.92. The topological polar surface area (TPSA) is 64.3 Å². The number of hydrogen-bond donors (Lipinski definition) is 2. The molecule has 5 heteroatoms. The quantitative estimate of drug-likeness (QED) is 0.828. The van der Waals surface area contributed by atoms with Crippen molar-refractivity contribution in [2.75, 3.05) is 6.61 Å². The monoisotopic (exact) mass is 290 g/mol. The molecule has 4 unspecified atom stereocenters. The summed E-state index contributed by atoms with van der Waals surface area (Å²) in [6.45, 7) is 0.742. The van der Waals surface area contributed by atoms with Gasteiger partial charge in [-0.05, 0) is 36.6 Å². The lowest BCUT2D eigenvalue weighted by Crippen LogP contribution is -2.71. The molecule has 0 spiro atoms. The number of ether oxygens (including phenoxy) is 1. The highest BCUT2D eigenvalue weighted by Gasteiger charge is 2.50. The van der Waals surface area contributed by atoms with Crippen LogP contribution in [0, 0.1) is 11.7 Å². The van der Waals surface area contributed by atoms with Crippen LogP contribution < -0.4 is 11.1 Å². The van der Waals surface area contributed by atoms with Gasteiger partial charge in [-0.3, -0.25) is 4.79 Å². The summed E-state index contributed by atoms with van der Waals surface area (Å²) >= 11 is 0. The first-order valence-corrected chi connectivity index (χ1v) is 7.26. The number of carbonyl (C=O) groups is 1. The van der Waals surface area contributed by atoms with E-state index in [4.69, 9.17) is 10.5 Å². The fraction of sp³-hybridized carbons (Fsp3) is 0.438. The number of fused-ring (bicyclic) bond motifs is 1. The van der Waals surface area contributed by atoms with Gasteiger partial charge < -0.3 is 15.8 Å². The molecule has 1 aliphatic carbocycles. The molecule has 2 aliphatic rings. The standard InChI is InChI=1S/C16H19FN2O2/c17-11-6-3-10(4-7-11)5-8-13(20)19-15-14(18)12-2-1-9-21-16(12)15/h3-8,12,14-16H,1-2,9,18H2,(H,19,20). The summed E-state index contributed by atoms with van der Waals surface area (Å²) in [6, 6.07) is 5.82. The maximum absolute atomic E-state index is 12.8. The van der Waals surface area contributed by atoms with E-state index in [9.17, 15) is 9.18 Å². The second kappa shape index (κ2) is 5.95. The van der Waals surface area contributed by atoms with Crippen LogP contribution in [0.5, 0.6) is 0 Å². The summed E-state index contributed by atoms with van der Waals surface area (Å²) in [6.07, 6.45) is 5.26. The van der Waals surface area contributed by atoms with Gasteiger partial charge in [-0.15, -0.1) is 0 Å². The Morgan fingerprint density at radius 1 is 1.38 bits per heavy atom. The molecule has 1 heterocycles. The predicted octanol–water partition coefficient (Wildman–Crippen LogP) is 1.46. The zero-order chi connectivity index (χ0) is 14.8. The lowest BCUT2D eigenvalue weighted by Gasteiger charge is -2.52. The third-order valence-corrected chi connectivity index (χ3v) is 4.28. The van der Waals surface area contributed by atoms with Crippen LogP contribution in [0.4, 0.5) is 4.39 Å². The first kappa shape index (κ1) is 14.2. The van der Waals surface area contributed by atoms with E-state index in [2.05, 4.69) is 5.32 Å². The molecule has 4 atom stereocenters. The second-order valence-electron chi connectivity index (χ2n) is 5.64. The van der Waals surface area contributed by atoms with Crippen LogP contribution in [0.3, 0.4) is 0 Å². The number of carbonyl (C=O) groups excluding carboxylic acids is 1. The molecule has 1 saturated carbocycles. The fourth-order valence-electron chi connectivity index (χ4n) is 3.08. The molecule has 21 heavy (non-hydrogen) atoms. The normalized spacial score (nSPS) is 31.5. The third kappa shape index (κ3) is 2.99. The molecule has 0 bridgehead atoms. The summed E-state index contributed by atoms with van der Waals surface area (Å²) in [7, 11) is 0. The van der Waals surface area contributed by atoms with Gasteiger partial charge in [0, 0.05) is 24.6 Å². The van der Waals surface area contributed by atoms with Gasteiger partial charge in [-0.2, -0.15) is 0 Å². The van der Waals surface area contributed by atoms with E-state index in [1.807, 2.05) is 0 Å². The SMILES string of the molecule is NC1C2CCCOC2C1NC(=O)C=Cc1ccc(F)cc1. The van der Waals surface area contributed by atoms with E-state index in [0.717, 1.165) is 25.0 Å². The summed E-state index contributed by atoms with van der Waals surface area (Å²) in [5, 5.41) is 2.90. The summed E-state index contributed by atoms with van der Waals surface area (Å²) in [5.41, 5.74) is 6.86. The first-order chi connectivity index (χ1) is 10.1. The molecule has 2 fully saturated rings. The Balaban J connectivity index is 1.55. The average Bonchev–Trinajstić information content (AvgIpc) is 2.51. The van der Waals surface area contributed by atoms with E-state index in [0.29, 0.717) is 5.92 Å². The van der Waals surface area contributed by atoms with Gasteiger partial charge in [-0.25, -0.2) is 4.39 Å². The Hall–Kier alpha value is -1.72. The smallest absolute Gasteiger partial charge is 0.244 e.